The zero-order chi connectivity index (χ0) is 15.4. The van der Waals surface area contributed by atoms with Crippen LogP contribution in [0.25, 0.3) is 0 Å². The number of nitrogens with one attached hydrogen (secondary N) is 1. The first-order valence-corrected chi connectivity index (χ1v) is 7.45. The van der Waals surface area contributed by atoms with Crippen LogP contribution in [-0.4, -0.2) is 56.2 Å². The van der Waals surface area contributed by atoms with Crippen molar-refractivity contribution in [2.45, 2.75) is 18.9 Å². The van der Waals surface area contributed by atoms with E-state index in [9.17, 15) is 4.79 Å². The number of anilines is 1. The number of urea groups is 1. The number of hydrogen-bond donors (Lipinski definition) is 1. The van der Waals surface area contributed by atoms with Crippen LogP contribution in [-0.2, 0) is 0 Å². The number of rotatable bonds is 3. The molecule has 21 heavy (non-hydrogen) atoms. The zero-order valence-electron chi connectivity index (χ0n) is 12.7. The van der Waals surface area contributed by atoms with E-state index >= 15 is 0 Å². The summed E-state index contributed by atoms with van der Waals surface area (Å²) in [5.41, 5.74) is 0.592. The van der Waals surface area contributed by atoms with E-state index in [1.54, 1.807) is 30.2 Å². The summed E-state index contributed by atoms with van der Waals surface area (Å²) in [6, 6.07) is 5.31. The number of amides is 2. The number of nitrogens with zero attached hydrogens (tertiary/aromatic N) is 2. The van der Waals surface area contributed by atoms with Gasteiger partial charge in [-0.1, -0.05) is 11.6 Å². The van der Waals surface area contributed by atoms with Crippen molar-refractivity contribution in [3.05, 3.63) is 23.2 Å². The van der Waals surface area contributed by atoms with Crippen LogP contribution < -0.4 is 10.1 Å². The largest absolute Gasteiger partial charge is 0.495 e. The zero-order valence-corrected chi connectivity index (χ0v) is 13.5. The molecule has 0 aromatic heterocycles. The summed E-state index contributed by atoms with van der Waals surface area (Å²) in [6.45, 7) is 2.03. The van der Waals surface area contributed by atoms with Gasteiger partial charge in [0, 0.05) is 18.1 Å². The van der Waals surface area contributed by atoms with E-state index in [-0.39, 0.29) is 12.1 Å². The number of benzene rings is 1. The van der Waals surface area contributed by atoms with Crippen LogP contribution in [0.3, 0.4) is 0 Å². The third kappa shape index (κ3) is 4.02. The predicted octanol–water partition coefficient (Wildman–Crippen LogP) is 2.91. The maximum Gasteiger partial charge on any atom is 0.321 e. The third-order valence-electron chi connectivity index (χ3n) is 3.96. The maximum absolute atomic E-state index is 12.4. The van der Waals surface area contributed by atoms with E-state index in [1.165, 1.54) is 0 Å². The first-order valence-electron chi connectivity index (χ1n) is 7.07. The van der Waals surface area contributed by atoms with Crippen molar-refractivity contribution in [3.63, 3.8) is 0 Å². The predicted molar refractivity (Wildman–Crippen MR) is 85.3 cm³/mol. The molecule has 116 valence electrons. The minimum absolute atomic E-state index is 0.134. The molecule has 0 radical (unpaired) electrons. The van der Waals surface area contributed by atoms with E-state index in [1.807, 2.05) is 7.05 Å². The molecule has 6 heteroatoms. The van der Waals surface area contributed by atoms with Crippen LogP contribution in [0.15, 0.2) is 18.2 Å². The quantitative estimate of drug-likeness (QED) is 0.933. The Morgan fingerprint density at radius 2 is 2.10 bits per heavy atom. The molecule has 0 unspecified atom stereocenters. The molecular formula is C15H22ClN3O2. The van der Waals surface area contributed by atoms with Gasteiger partial charge in [-0.25, -0.2) is 4.79 Å². The molecule has 5 nitrogen and oxygen atoms in total. The van der Waals surface area contributed by atoms with Gasteiger partial charge in [-0.05, 0) is 51.2 Å². The van der Waals surface area contributed by atoms with Gasteiger partial charge < -0.3 is 19.9 Å². The van der Waals surface area contributed by atoms with Crippen molar-refractivity contribution in [1.82, 2.24) is 9.80 Å². The molecule has 1 N–H and O–H groups in total. The molecule has 1 aromatic rings. The number of ether oxygens (including phenoxy) is 1. The van der Waals surface area contributed by atoms with Crippen LogP contribution in [0.2, 0.25) is 5.02 Å². The topological polar surface area (TPSA) is 44.8 Å². The van der Waals surface area contributed by atoms with Crippen molar-refractivity contribution in [2.24, 2.45) is 0 Å². The molecule has 1 fully saturated rings. The lowest BCUT2D eigenvalue weighted by molar-refractivity contribution is 0.156. The van der Waals surface area contributed by atoms with Gasteiger partial charge >= 0.3 is 6.03 Å². The Morgan fingerprint density at radius 3 is 2.71 bits per heavy atom. The Labute approximate surface area is 130 Å². The molecule has 0 saturated carbocycles. The van der Waals surface area contributed by atoms with Gasteiger partial charge in [-0.3, -0.25) is 0 Å². The molecule has 2 amide bonds. The van der Waals surface area contributed by atoms with Crippen molar-refractivity contribution in [1.29, 1.82) is 0 Å². The first kappa shape index (κ1) is 15.9. The fourth-order valence-corrected chi connectivity index (χ4v) is 2.70. The summed E-state index contributed by atoms with van der Waals surface area (Å²) in [5.74, 6) is 0.601. The van der Waals surface area contributed by atoms with Crippen LogP contribution in [0.4, 0.5) is 10.5 Å². The number of carbonyl (C=O) groups excluding carboxylic acids is 1. The summed E-state index contributed by atoms with van der Waals surface area (Å²) in [7, 11) is 5.51. The lowest BCUT2D eigenvalue weighted by atomic mass is 10.0. The monoisotopic (exact) mass is 311 g/mol. The second-order valence-electron chi connectivity index (χ2n) is 5.42. The number of carbonyl (C=O) groups is 1. The molecule has 0 bridgehead atoms. The second-order valence-corrected chi connectivity index (χ2v) is 5.86. The molecule has 0 atom stereocenters. The maximum atomic E-state index is 12.4. The Morgan fingerprint density at radius 1 is 1.43 bits per heavy atom. The average Bonchev–Trinajstić information content (AvgIpc) is 2.47. The van der Waals surface area contributed by atoms with E-state index in [4.69, 9.17) is 16.3 Å². The summed E-state index contributed by atoms with van der Waals surface area (Å²) < 4.78 is 5.24. The Balaban J connectivity index is 2.02. The van der Waals surface area contributed by atoms with Crippen LogP contribution in [0, 0.1) is 0 Å². The summed E-state index contributed by atoms with van der Waals surface area (Å²) in [6.07, 6.45) is 1.99. The van der Waals surface area contributed by atoms with Crippen molar-refractivity contribution in [3.8, 4) is 5.75 Å². The molecule has 1 aliphatic rings. The minimum Gasteiger partial charge on any atom is -0.495 e. The lowest BCUT2D eigenvalue weighted by Crippen LogP contribution is -2.46. The van der Waals surface area contributed by atoms with Crippen LogP contribution in [0.5, 0.6) is 5.75 Å². The number of hydrogen-bond acceptors (Lipinski definition) is 3. The Hall–Kier alpha value is -1.46. The fourth-order valence-electron chi connectivity index (χ4n) is 2.53. The standard InChI is InChI=1S/C15H22ClN3O2/c1-18-8-6-12(7-9-18)19(2)15(20)17-13-10-11(16)4-5-14(13)21-3/h4-5,10,12H,6-9H2,1-3H3,(H,17,20). The Kier molecular flexibility index (Phi) is 5.31. The molecule has 1 aromatic carbocycles. The number of likely N-dealkylation sites (tertiary alicyclic amines) is 1. The summed E-state index contributed by atoms with van der Waals surface area (Å²) in [4.78, 5) is 16.4. The second kappa shape index (κ2) is 7.00. The summed E-state index contributed by atoms with van der Waals surface area (Å²) >= 11 is 5.98. The van der Waals surface area contributed by atoms with Crippen LogP contribution >= 0.6 is 11.6 Å². The SMILES string of the molecule is COc1ccc(Cl)cc1NC(=O)N(C)C1CCN(C)CC1. The van der Waals surface area contributed by atoms with E-state index < -0.39 is 0 Å². The lowest BCUT2D eigenvalue weighted by Gasteiger charge is -2.35. The van der Waals surface area contributed by atoms with E-state index in [2.05, 4.69) is 17.3 Å². The number of halogens is 1. The van der Waals surface area contributed by atoms with Crippen LogP contribution in [0.1, 0.15) is 12.8 Å². The van der Waals surface area contributed by atoms with Gasteiger partial charge in [0.1, 0.15) is 5.75 Å². The highest BCUT2D eigenvalue weighted by Crippen LogP contribution is 2.28. The van der Waals surface area contributed by atoms with Gasteiger partial charge in [-0.15, -0.1) is 0 Å². The van der Waals surface area contributed by atoms with Gasteiger partial charge in [0.25, 0.3) is 0 Å². The normalized spacial score (nSPS) is 16.6. The summed E-state index contributed by atoms with van der Waals surface area (Å²) in [5, 5.41) is 3.44. The molecule has 0 spiro atoms. The van der Waals surface area contributed by atoms with E-state index in [0.717, 1.165) is 25.9 Å². The molecule has 1 heterocycles. The third-order valence-corrected chi connectivity index (χ3v) is 4.19. The molecule has 2 rings (SSSR count). The van der Waals surface area contributed by atoms with Gasteiger partial charge in [0.2, 0.25) is 0 Å². The minimum atomic E-state index is -0.134. The van der Waals surface area contributed by atoms with Gasteiger partial charge in [0.05, 0.1) is 12.8 Å². The highest BCUT2D eigenvalue weighted by molar-refractivity contribution is 6.31. The first-order chi connectivity index (χ1) is 10.0. The highest BCUT2D eigenvalue weighted by Gasteiger charge is 2.24. The molecule has 0 aliphatic carbocycles. The van der Waals surface area contributed by atoms with Crippen molar-refractivity contribution >= 4 is 23.3 Å². The number of piperidine rings is 1. The smallest absolute Gasteiger partial charge is 0.321 e. The highest BCUT2D eigenvalue weighted by atomic mass is 35.5. The average molecular weight is 312 g/mol. The molecule has 1 saturated heterocycles. The Bertz CT molecular complexity index is 502. The number of methoxy groups -OCH3 is 1. The van der Waals surface area contributed by atoms with Crippen molar-refractivity contribution in [2.75, 3.05) is 39.6 Å². The molecular weight excluding hydrogens is 290 g/mol. The van der Waals surface area contributed by atoms with E-state index in [0.29, 0.717) is 16.5 Å². The fraction of sp³-hybridized carbons (Fsp3) is 0.533. The molecule has 1 aliphatic heterocycles. The van der Waals surface area contributed by atoms with Gasteiger partial charge in [-0.2, -0.15) is 0 Å². The van der Waals surface area contributed by atoms with Gasteiger partial charge in [0.15, 0.2) is 0 Å². The van der Waals surface area contributed by atoms with Crippen molar-refractivity contribution < 1.29 is 9.53 Å².